The second kappa shape index (κ2) is 6.13. The summed E-state index contributed by atoms with van der Waals surface area (Å²) in [6.45, 7) is 4.98. The monoisotopic (exact) mass is 192 g/mol. The van der Waals surface area contributed by atoms with E-state index in [9.17, 15) is 0 Å². The molecule has 1 rings (SSSR count). The summed E-state index contributed by atoms with van der Waals surface area (Å²) < 4.78 is 0. The van der Waals surface area contributed by atoms with E-state index in [4.69, 9.17) is 4.84 Å². The lowest BCUT2D eigenvalue weighted by molar-refractivity contribution is 0.134. The first-order valence-electron chi connectivity index (χ1n) is 4.85. The number of pyridine rings is 1. The quantitative estimate of drug-likeness (QED) is 0.408. The number of hydrogen-bond donors (Lipinski definition) is 0. The summed E-state index contributed by atoms with van der Waals surface area (Å²) in [4.78, 5) is 9.16. The van der Waals surface area contributed by atoms with Crippen molar-refractivity contribution in [1.29, 1.82) is 0 Å². The molecule has 3 nitrogen and oxygen atoms in total. The zero-order valence-electron chi connectivity index (χ0n) is 8.68. The van der Waals surface area contributed by atoms with Crippen molar-refractivity contribution in [2.45, 2.75) is 20.3 Å². The van der Waals surface area contributed by atoms with E-state index < -0.39 is 0 Å². The first-order valence-corrected chi connectivity index (χ1v) is 4.85. The van der Waals surface area contributed by atoms with Crippen LogP contribution in [0.15, 0.2) is 29.6 Å². The molecule has 1 aromatic heterocycles. The third-order valence-corrected chi connectivity index (χ3v) is 1.73. The van der Waals surface area contributed by atoms with Gasteiger partial charge in [0.05, 0.1) is 11.9 Å². The maximum Gasteiger partial charge on any atom is 0.117 e. The Morgan fingerprint density at radius 1 is 1.50 bits per heavy atom. The summed E-state index contributed by atoms with van der Waals surface area (Å²) in [6.07, 6.45) is 4.38. The average Bonchev–Trinajstić information content (AvgIpc) is 2.18. The Bertz CT molecular complexity index is 270. The normalized spacial score (nSPS) is 11.1. The second-order valence-corrected chi connectivity index (χ2v) is 3.50. The zero-order valence-corrected chi connectivity index (χ0v) is 8.68. The molecule has 1 aromatic rings. The highest BCUT2D eigenvalue weighted by Gasteiger charge is 1.92. The Labute approximate surface area is 84.8 Å². The third-order valence-electron chi connectivity index (χ3n) is 1.73. The fraction of sp³-hybridized carbons (Fsp3) is 0.455. The maximum atomic E-state index is 5.08. The van der Waals surface area contributed by atoms with E-state index in [0.29, 0.717) is 12.5 Å². The van der Waals surface area contributed by atoms with Crippen molar-refractivity contribution < 1.29 is 4.84 Å². The number of oxime groups is 1. The number of rotatable bonds is 5. The first kappa shape index (κ1) is 10.7. The molecule has 0 radical (unpaired) electrons. The lowest BCUT2D eigenvalue weighted by Gasteiger charge is -2.01. The van der Waals surface area contributed by atoms with Crippen molar-refractivity contribution in [3.05, 3.63) is 30.1 Å². The number of aromatic nitrogens is 1. The largest absolute Gasteiger partial charge is 0.396 e. The Hall–Kier alpha value is -1.38. The molecule has 3 heteroatoms. The maximum absolute atomic E-state index is 5.08. The van der Waals surface area contributed by atoms with Gasteiger partial charge in [-0.3, -0.25) is 4.98 Å². The van der Waals surface area contributed by atoms with Gasteiger partial charge in [-0.25, -0.2) is 0 Å². The predicted molar refractivity (Wildman–Crippen MR) is 57.2 cm³/mol. The zero-order chi connectivity index (χ0) is 10.2. The summed E-state index contributed by atoms with van der Waals surface area (Å²) in [5.74, 6) is 0.653. The highest BCUT2D eigenvalue weighted by atomic mass is 16.6. The van der Waals surface area contributed by atoms with E-state index in [-0.39, 0.29) is 0 Å². The van der Waals surface area contributed by atoms with Crippen LogP contribution in [-0.2, 0) is 4.84 Å². The molecule has 0 aliphatic heterocycles. The molecule has 0 saturated carbocycles. The Balaban J connectivity index is 2.21. The van der Waals surface area contributed by atoms with Crippen LogP contribution in [0, 0.1) is 5.92 Å². The SMILES string of the molecule is CC(C)CCO/N=C\c1ccccn1. The summed E-state index contributed by atoms with van der Waals surface area (Å²) in [5, 5.41) is 3.83. The lowest BCUT2D eigenvalue weighted by Crippen LogP contribution is -1.95. The lowest BCUT2D eigenvalue weighted by atomic mass is 10.1. The molecule has 0 aliphatic rings. The van der Waals surface area contributed by atoms with E-state index in [1.54, 1.807) is 12.4 Å². The molecule has 76 valence electrons. The molecule has 0 bridgehead atoms. The minimum atomic E-state index is 0.653. The molecule has 0 amide bonds. The van der Waals surface area contributed by atoms with Crippen molar-refractivity contribution in [3.8, 4) is 0 Å². The van der Waals surface area contributed by atoms with E-state index >= 15 is 0 Å². The van der Waals surface area contributed by atoms with Crippen LogP contribution in [0.1, 0.15) is 26.0 Å². The minimum absolute atomic E-state index is 0.653. The molecule has 0 aliphatic carbocycles. The van der Waals surface area contributed by atoms with Crippen LogP contribution in [-0.4, -0.2) is 17.8 Å². The molecule has 0 N–H and O–H groups in total. The molecule has 1 heterocycles. The van der Waals surface area contributed by atoms with Crippen LogP contribution in [0.4, 0.5) is 0 Å². The van der Waals surface area contributed by atoms with E-state index in [1.807, 2.05) is 18.2 Å². The van der Waals surface area contributed by atoms with Crippen LogP contribution in [0.2, 0.25) is 0 Å². The number of nitrogens with zero attached hydrogens (tertiary/aromatic N) is 2. The van der Waals surface area contributed by atoms with Gasteiger partial charge in [-0.1, -0.05) is 25.1 Å². The van der Waals surface area contributed by atoms with Gasteiger partial charge in [0.1, 0.15) is 6.61 Å². The predicted octanol–water partition coefficient (Wildman–Crippen LogP) is 2.48. The van der Waals surface area contributed by atoms with Crippen molar-refractivity contribution in [2.24, 2.45) is 11.1 Å². The van der Waals surface area contributed by atoms with Gasteiger partial charge in [-0.05, 0) is 24.5 Å². The van der Waals surface area contributed by atoms with Gasteiger partial charge in [-0.15, -0.1) is 0 Å². The number of hydrogen-bond acceptors (Lipinski definition) is 3. The molecule has 0 aromatic carbocycles. The van der Waals surface area contributed by atoms with Crippen LogP contribution in [0.25, 0.3) is 0 Å². The minimum Gasteiger partial charge on any atom is -0.396 e. The summed E-state index contributed by atoms with van der Waals surface area (Å²) >= 11 is 0. The highest BCUT2D eigenvalue weighted by Crippen LogP contribution is 1.98. The van der Waals surface area contributed by atoms with Crippen molar-refractivity contribution >= 4 is 6.21 Å². The Morgan fingerprint density at radius 2 is 2.36 bits per heavy atom. The Kier molecular flexibility index (Phi) is 4.69. The smallest absolute Gasteiger partial charge is 0.117 e. The molecule has 0 unspecified atom stereocenters. The first-order chi connectivity index (χ1) is 6.79. The van der Waals surface area contributed by atoms with Crippen LogP contribution >= 0.6 is 0 Å². The standard InChI is InChI=1S/C11H16N2O/c1-10(2)6-8-14-13-9-11-5-3-4-7-12-11/h3-5,7,9-10H,6,8H2,1-2H3/b13-9-. The van der Waals surface area contributed by atoms with E-state index in [0.717, 1.165) is 12.1 Å². The van der Waals surface area contributed by atoms with E-state index in [1.165, 1.54) is 0 Å². The van der Waals surface area contributed by atoms with Crippen molar-refractivity contribution in [2.75, 3.05) is 6.61 Å². The second-order valence-electron chi connectivity index (χ2n) is 3.50. The van der Waals surface area contributed by atoms with Gasteiger partial charge >= 0.3 is 0 Å². The summed E-state index contributed by atoms with van der Waals surface area (Å²) in [5.41, 5.74) is 0.817. The average molecular weight is 192 g/mol. The summed E-state index contributed by atoms with van der Waals surface area (Å²) in [6, 6.07) is 5.68. The molecule has 0 fully saturated rings. The highest BCUT2D eigenvalue weighted by molar-refractivity contribution is 5.76. The van der Waals surface area contributed by atoms with E-state index in [2.05, 4.69) is 24.0 Å². The topological polar surface area (TPSA) is 34.5 Å². The van der Waals surface area contributed by atoms with Gasteiger partial charge in [0.2, 0.25) is 0 Å². The third kappa shape index (κ3) is 4.60. The van der Waals surface area contributed by atoms with Gasteiger partial charge in [0.25, 0.3) is 0 Å². The van der Waals surface area contributed by atoms with Crippen molar-refractivity contribution in [3.63, 3.8) is 0 Å². The molecule has 0 atom stereocenters. The van der Waals surface area contributed by atoms with Crippen LogP contribution in [0.5, 0.6) is 0 Å². The fourth-order valence-electron chi connectivity index (χ4n) is 0.885. The van der Waals surface area contributed by atoms with Gasteiger partial charge in [0, 0.05) is 6.20 Å². The molecular formula is C11H16N2O. The molecular weight excluding hydrogens is 176 g/mol. The molecule has 14 heavy (non-hydrogen) atoms. The fourth-order valence-corrected chi connectivity index (χ4v) is 0.885. The van der Waals surface area contributed by atoms with Crippen LogP contribution < -0.4 is 0 Å². The van der Waals surface area contributed by atoms with Crippen LogP contribution in [0.3, 0.4) is 0 Å². The van der Waals surface area contributed by atoms with Gasteiger partial charge in [0.15, 0.2) is 0 Å². The molecule has 0 saturated heterocycles. The Morgan fingerprint density at radius 3 is 3.00 bits per heavy atom. The van der Waals surface area contributed by atoms with Crippen molar-refractivity contribution in [1.82, 2.24) is 4.98 Å². The van der Waals surface area contributed by atoms with Gasteiger partial charge < -0.3 is 4.84 Å². The molecule has 0 spiro atoms. The van der Waals surface area contributed by atoms with Gasteiger partial charge in [-0.2, -0.15) is 0 Å². The summed E-state index contributed by atoms with van der Waals surface area (Å²) in [7, 11) is 0.